The van der Waals surface area contributed by atoms with E-state index >= 15 is 0 Å². The molecule has 1 aliphatic carbocycles. The maximum Gasteiger partial charge on any atom is 0.191 e. The molecule has 2 aromatic rings. The summed E-state index contributed by atoms with van der Waals surface area (Å²) in [4.78, 5) is 13.5. The van der Waals surface area contributed by atoms with Gasteiger partial charge in [0.2, 0.25) is 0 Å². The summed E-state index contributed by atoms with van der Waals surface area (Å²) in [5.41, 5.74) is 1.08. The summed E-state index contributed by atoms with van der Waals surface area (Å²) in [5, 5.41) is 6.79. The molecule has 0 aliphatic heterocycles. The molecule has 6 heteroatoms. The van der Waals surface area contributed by atoms with Crippen molar-refractivity contribution in [3.05, 3.63) is 42.1 Å². The molecule has 1 aliphatic rings. The second-order valence-electron chi connectivity index (χ2n) is 5.99. The minimum atomic E-state index is 0.553. The maximum atomic E-state index is 4.72. The Hall–Kier alpha value is -2.37. The lowest BCUT2D eigenvalue weighted by Gasteiger charge is -2.12. The van der Waals surface area contributed by atoms with Crippen LogP contribution in [0, 0.1) is 12.8 Å². The summed E-state index contributed by atoms with van der Waals surface area (Å²) >= 11 is 0. The molecule has 3 rings (SSSR count). The van der Waals surface area contributed by atoms with Crippen LogP contribution in [0.2, 0.25) is 0 Å². The topological polar surface area (TPSA) is 67.1 Å². The first kappa shape index (κ1) is 15.5. The average Bonchev–Trinajstić information content (AvgIpc) is 3.06. The normalized spacial score (nSPS) is 20.4. The summed E-state index contributed by atoms with van der Waals surface area (Å²) < 4.78 is 1.99. The van der Waals surface area contributed by atoms with E-state index in [4.69, 9.17) is 4.99 Å². The fraction of sp³-hybridized carbons (Fsp3) is 0.471. The van der Waals surface area contributed by atoms with Crippen LogP contribution in [0.4, 0.5) is 0 Å². The van der Waals surface area contributed by atoms with E-state index in [1.807, 2.05) is 23.8 Å². The van der Waals surface area contributed by atoms with Crippen molar-refractivity contribution in [2.75, 3.05) is 6.54 Å². The first-order chi connectivity index (χ1) is 11.2. The summed E-state index contributed by atoms with van der Waals surface area (Å²) in [7, 11) is 0. The highest BCUT2D eigenvalue weighted by molar-refractivity contribution is 5.80. The minimum absolute atomic E-state index is 0.553. The summed E-state index contributed by atoms with van der Waals surface area (Å²) in [6, 6.07) is 4.57. The van der Waals surface area contributed by atoms with Crippen molar-refractivity contribution < 1.29 is 0 Å². The number of aromatic nitrogens is 3. The Balaban J connectivity index is 1.79. The molecule has 0 radical (unpaired) electrons. The quantitative estimate of drug-likeness (QED) is 0.655. The van der Waals surface area contributed by atoms with Crippen LogP contribution in [0.5, 0.6) is 0 Å². The average molecular weight is 312 g/mol. The molecule has 1 fully saturated rings. The van der Waals surface area contributed by atoms with Crippen molar-refractivity contribution in [3.8, 4) is 5.82 Å². The zero-order chi connectivity index (χ0) is 16.2. The molecule has 2 atom stereocenters. The zero-order valence-electron chi connectivity index (χ0n) is 14.0. The molecule has 0 amide bonds. The van der Waals surface area contributed by atoms with Crippen LogP contribution < -0.4 is 10.6 Å². The molecule has 2 aromatic heterocycles. The summed E-state index contributed by atoms with van der Waals surface area (Å²) in [6.45, 7) is 7.74. The highest BCUT2D eigenvalue weighted by Crippen LogP contribution is 2.28. The van der Waals surface area contributed by atoms with Crippen LogP contribution in [0.15, 0.2) is 35.7 Å². The van der Waals surface area contributed by atoms with E-state index in [1.165, 1.54) is 6.42 Å². The third kappa shape index (κ3) is 3.70. The van der Waals surface area contributed by atoms with E-state index in [0.29, 0.717) is 12.6 Å². The first-order valence-electron chi connectivity index (χ1n) is 8.18. The Bertz CT molecular complexity index is 690. The van der Waals surface area contributed by atoms with Crippen LogP contribution in [0.25, 0.3) is 5.82 Å². The van der Waals surface area contributed by atoms with Crippen molar-refractivity contribution in [2.24, 2.45) is 10.9 Å². The molecule has 2 unspecified atom stereocenters. The van der Waals surface area contributed by atoms with Crippen molar-refractivity contribution >= 4 is 5.96 Å². The molecule has 122 valence electrons. The van der Waals surface area contributed by atoms with Crippen LogP contribution in [0.1, 0.15) is 31.7 Å². The van der Waals surface area contributed by atoms with Gasteiger partial charge in [-0.25, -0.2) is 15.0 Å². The van der Waals surface area contributed by atoms with Gasteiger partial charge in [0.15, 0.2) is 5.96 Å². The van der Waals surface area contributed by atoms with Crippen LogP contribution in [-0.4, -0.2) is 33.1 Å². The second kappa shape index (κ2) is 6.81. The fourth-order valence-corrected chi connectivity index (χ4v) is 2.56. The van der Waals surface area contributed by atoms with Gasteiger partial charge in [-0.2, -0.15) is 0 Å². The fourth-order valence-electron chi connectivity index (χ4n) is 2.56. The maximum absolute atomic E-state index is 4.72. The van der Waals surface area contributed by atoms with E-state index in [1.54, 1.807) is 12.4 Å². The highest BCUT2D eigenvalue weighted by Gasteiger charge is 2.33. The Morgan fingerprint density at radius 2 is 2.22 bits per heavy atom. The third-order valence-corrected chi connectivity index (χ3v) is 4.10. The van der Waals surface area contributed by atoms with Gasteiger partial charge >= 0.3 is 0 Å². The number of aliphatic imine (C=N–C) groups is 1. The lowest BCUT2D eigenvalue weighted by atomic mass is 10.2. The lowest BCUT2D eigenvalue weighted by molar-refractivity contribution is 0.765. The second-order valence-corrected chi connectivity index (χ2v) is 5.99. The number of pyridine rings is 1. The molecule has 1 saturated carbocycles. The Morgan fingerprint density at radius 3 is 2.87 bits per heavy atom. The summed E-state index contributed by atoms with van der Waals surface area (Å²) in [5.74, 6) is 3.42. The first-order valence-corrected chi connectivity index (χ1v) is 8.18. The third-order valence-electron chi connectivity index (χ3n) is 4.10. The predicted octanol–water partition coefficient (Wildman–Crippen LogP) is 2.04. The summed E-state index contributed by atoms with van der Waals surface area (Å²) in [6.07, 6.45) is 6.74. The van der Waals surface area contributed by atoms with Gasteiger partial charge in [0.25, 0.3) is 0 Å². The monoisotopic (exact) mass is 312 g/mol. The molecule has 0 spiro atoms. The van der Waals surface area contributed by atoms with Gasteiger partial charge in [0.1, 0.15) is 11.6 Å². The van der Waals surface area contributed by atoms with E-state index < -0.39 is 0 Å². The number of aryl methyl sites for hydroxylation is 1. The number of rotatable bonds is 5. The number of hydrogen-bond acceptors (Lipinski definition) is 3. The number of hydrogen-bond donors (Lipinski definition) is 2. The van der Waals surface area contributed by atoms with Gasteiger partial charge in [-0.15, -0.1) is 0 Å². The lowest BCUT2D eigenvalue weighted by Crippen LogP contribution is -2.39. The largest absolute Gasteiger partial charge is 0.357 e. The molecule has 2 N–H and O–H groups in total. The SMILES string of the molecule is CCNC(=NCc1cccnc1-n1ccnc1C)NC1CC1C. The standard InChI is InChI=1S/C17H24N6/c1-4-18-17(22-15-10-12(15)2)21-11-14-6-5-7-20-16(14)23-9-8-19-13(23)3/h5-9,12,15H,4,10-11H2,1-3H3,(H2,18,21,22). The molecule has 6 nitrogen and oxygen atoms in total. The van der Waals surface area contributed by atoms with Gasteiger partial charge in [0.05, 0.1) is 6.54 Å². The van der Waals surface area contributed by atoms with E-state index in [0.717, 1.165) is 35.6 Å². The van der Waals surface area contributed by atoms with Crippen molar-refractivity contribution in [1.82, 2.24) is 25.2 Å². The van der Waals surface area contributed by atoms with E-state index in [-0.39, 0.29) is 0 Å². The molecule has 23 heavy (non-hydrogen) atoms. The Morgan fingerprint density at radius 1 is 1.39 bits per heavy atom. The zero-order valence-corrected chi connectivity index (χ0v) is 14.0. The van der Waals surface area contributed by atoms with E-state index in [2.05, 4.69) is 40.5 Å². The molecule has 0 saturated heterocycles. The highest BCUT2D eigenvalue weighted by atomic mass is 15.2. The van der Waals surface area contributed by atoms with Crippen LogP contribution in [-0.2, 0) is 6.54 Å². The van der Waals surface area contributed by atoms with Crippen LogP contribution >= 0.6 is 0 Å². The Labute approximate surface area is 137 Å². The minimum Gasteiger partial charge on any atom is -0.357 e. The molecule has 0 bridgehead atoms. The smallest absolute Gasteiger partial charge is 0.191 e. The predicted molar refractivity (Wildman–Crippen MR) is 91.6 cm³/mol. The van der Waals surface area contributed by atoms with Crippen molar-refractivity contribution in [3.63, 3.8) is 0 Å². The van der Waals surface area contributed by atoms with Gasteiger partial charge in [-0.3, -0.25) is 4.57 Å². The molecule has 0 aromatic carbocycles. The molecule has 2 heterocycles. The van der Waals surface area contributed by atoms with Gasteiger partial charge in [0, 0.05) is 36.7 Å². The van der Waals surface area contributed by atoms with E-state index in [9.17, 15) is 0 Å². The van der Waals surface area contributed by atoms with Crippen molar-refractivity contribution in [2.45, 2.75) is 39.8 Å². The van der Waals surface area contributed by atoms with Crippen molar-refractivity contribution in [1.29, 1.82) is 0 Å². The van der Waals surface area contributed by atoms with Gasteiger partial charge in [-0.1, -0.05) is 13.0 Å². The number of nitrogens with zero attached hydrogens (tertiary/aromatic N) is 4. The number of nitrogens with one attached hydrogen (secondary N) is 2. The number of imidazole rings is 1. The van der Waals surface area contributed by atoms with Gasteiger partial charge in [-0.05, 0) is 32.3 Å². The van der Waals surface area contributed by atoms with Crippen LogP contribution in [0.3, 0.4) is 0 Å². The number of guanidine groups is 1. The molecular weight excluding hydrogens is 288 g/mol. The Kier molecular flexibility index (Phi) is 4.60. The molecular formula is C17H24N6. The van der Waals surface area contributed by atoms with Gasteiger partial charge < -0.3 is 10.6 Å².